The molecule has 1 aromatic rings. The van der Waals surface area contributed by atoms with Crippen LogP contribution in [-0.2, 0) is 4.74 Å². The van der Waals surface area contributed by atoms with E-state index >= 15 is 0 Å². The van der Waals surface area contributed by atoms with Gasteiger partial charge in [0.05, 0.1) is 20.3 Å². The number of ether oxygens (including phenoxy) is 3. The first-order chi connectivity index (χ1) is 11.1. The van der Waals surface area contributed by atoms with Crippen molar-refractivity contribution in [3.63, 3.8) is 0 Å². The fourth-order valence-corrected chi connectivity index (χ4v) is 2.26. The normalized spacial score (nSPS) is 15.5. The Balaban J connectivity index is 1.88. The molecule has 0 spiro atoms. The highest BCUT2D eigenvalue weighted by molar-refractivity contribution is 5.94. The minimum absolute atomic E-state index is 0.0890. The summed E-state index contributed by atoms with van der Waals surface area (Å²) in [7, 11) is 1.33. The Kier molecular flexibility index (Phi) is 6.54. The molecule has 0 saturated carbocycles. The zero-order valence-corrected chi connectivity index (χ0v) is 12.9. The van der Waals surface area contributed by atoms with Crippen LogP contribution in [0.3, 0.4) is 0 Å². The van der Waals surface area contributed by atoms with Crippen LogP contribution in [0, 0.1) is 0 Å². The molecule has 0 bridgehead atoms. The molecule has 0 aromatic heterocycles. The lowest BCUT2D eigenvalue weighted by molar-refractivity contribution is -0.0512. The smallest absolute Gasteiger partial charge is 0.387 e. The molecule has 1 heterocycles. The van der Waals surface area contributed by atoms with Gasteiger partial charge in [0.15, 0.2) is 11.5 Å². The van der Waals surface area contributed by atoms with Crippen LogP contribution in [-0.4, -0.2) is 63.9 Å². The van der Waals surface area contributed by atoms with Gasteiger partial charge in [0.25, 0.3) is 5.91 Å². The van der Waals surface area contributed by atoms with E-state index in [-0.39, 0.29) is 17.4 Å². The van der Waals surface area contributed by atoms with Gasteiger partial charge in [-0.2, -0.15) is 8.78 Å². The number of alkyl halides is 2. The molecule has 0 radical (unpaired) electrons. The summed E-state index contributed by atoms with van der Waals surface area (Å²) in [6, 6.07) is 4.09. The van der Waals surface area contributed by atoms with E-state index in [9.17, 15) is 13.6 Å². The number of morpholine rings is 1. The molecule has 0 unspecified atom stereocenters. The van der Waals surface area contributed by atoms with Gasteiger partial charge in [-0.3, -0.25) is 9.69 Å². The van der Waals surface area contributed by atoms with Gasteiger partial charge in [-0.15, -0.1) is 0 Å². The number of methoxy groups -OCH3 is 1. The molecule has 1 amide bonds. The second kappa shape index (κ2) is 8.64. The molecule has 8 heteroatoms. The number of amides is 1. The summed E-state index contributed by atoms with van der Waals surface area (Å²) < 4.78 is 39.1. The van der Waals surface area contributed by atoms with Crippen molar-refractivity contribution in [3.8, 4) is 11.5 Å². The summed E-state index contributed by atoms with van der Waals surface area (Å²) in [5.41, 5.74) is 0.324. The summed E-state index contributed by atoms with van der Waals surface area (Å²) in [4.78, 5) is 14.3. The van der Waals surface area contributed by atoms with E-state index in [1.807, 2.05) is 0 Å². The molecule has 2 rings (SSSR count). The van der Waals surface area contributed by atoms with E-state index in [1.165, 1.54) is 25.3 Å². The Bertz CT molecular complexity index is 522. The van der Waals surface area contributed by atoms with Crippen molar-refractivity contribution in [2.75, 3.05) is 46.5 Å². The minimum atomic E-state index is -2.95. The monoisotopic (exact) mass is 330 g/mol. The van der Waals surface area contributed by atoms with E-state index in [0.29, 0.717) is 25.3 Å². The maximum absolute atomic E-state index is 12.3. The highest BCUT2D eigenvalue weighted by Gasteiger charge is 2.15. The lowest BCUT2D eigenvalue weighted by atomic mass is 10.2. The number of rotatable bonds is 7. The quantitative estimate of drug-likeness (QED) is 0.818. The molecule has 1 saturated heterocycles. The zero-order chi connectivity index (χ0) is 16.7. The molecule has 1 aromatic carbocycles. The van der Waals surface area contributed by atoms with E-state index < -0.39 is 6.61 Å². The van der Waals surface area contributed by atoms with Gasteiger partial charge in [0.1, 0.15) is 0 Å². The van der Waals surface area contributed by atoms with Crippen LogP contribution in [0.1, 0.15) is 10.4 Å². The van der Waals surface area contributed by atoms with Gasteiger partial charge in [0, 0.05) is 31.7 Å². The Morgan fingerprint density at radius 1 is 1.35 bits per heavy atom. The van der Waals surface area contributed by atoms with Crippen molar-refractivity contribution in [3.05, 3.63) is 23.8 Å². The molecule has 6 nitrogen and oxygen atoms in total. The van der Waals surface area contributed by atoms with Crippen LogP contribution < -0.4 is 14.8 Å². The first-order valence-corrected chi connectivity index (χ1v) is 7.31. The predicted molar refractivity (Wildman–Crippen MR) is 79.2 cm³/mol. The number of nitrogens with zero attached hydrogens (tertiary/aromatic N) is 1. The van der Waals surface area contributed by atoms with Crippen LogP contribution in [0.4, 0.5) is 8.78 Å². The highest BCUT2D eigenvalue weighted by Crippen LogP contribution is 2.29. The van der Waals surface area contributed by atoms with Gasteiger partial charge in [-0.1, -0.05) is 0 Å². The maximum Gasteiger partial charge on any atom is 0.387 e. The number of benzene rings is 1. The summed E-state index contributed by atoms with van der Waals surface area (Å²) in [5, 5.41) is 2.79. The van der Waals surface area contributed by atoms with Crippen molar-refractivity contribution in [2.24, 2.45) is 0 Å². The van der Waals surface area contributed by atoms with E-state index in [4.69, 9.17) is 9.47 Å². The first-order valence-electron chi connectivity index (χ1n) is 7.31. The third kappa shape index (κ3) is 5.33. The number of carbonyl (C=O) groups is 1. The van der Waals surface area contributed by atoms with E-state index in [1.54, 1.807) is 0 Å². The molecule has 1 aliphatic rings. The third-order valence-electron chi connectivity index (χ3n) is 3.46. The molecule has 0 atom stereocenters. The van der Waals surface area contributed by atoms with Crippen LogP contribution >= 0.6 is 0 Å². The highest BCUT2D eigenvalue weighted by atomic mass is 19.3. The van der Waals surface area contributed by atoms with Crippen LogP contribution in [0.5, 0.6) is 11.5 Å². The number of hydrogen-bond acceptors (Lipinski definition) is 5. The molecule has 1 aliphatic heterocycles. The van der Waals surface area contributed by atoms with Crippen molar-refractivity contribution in [1.29, 1.82) is 0 Å². The van der Waals surface area contributed by atoms with E-state index in [2.05, 4.69) is 15.0 Å². The molecule has 1 N–H and O–H groups in total. The Labute approximate surface area is 133 Å². The second-order valence-electron chi connectivity index (χ2n) is 4.95. The Hall–Kier alpha value is -1.93. The van der Waals surface area contributed by atoms with Gasteiger partial charge in [-0.05, 0) is 18.2 Å². The van der Waals surface area contributed by atoms with Gasteiger partial charge < -0.3 is 19.5 Å². The summed E-state index contributed by atoms with van der Waals surface area (Å²) >= 11 is 0. The van der Waals surface area contributed by atoms with Crippen molar-refractivity contribution >= 4 is 5.91 Å². The fourth-order valence-electron chi connectivity index (χ4n) is 2.26. The predicted octanol–water partition coefficient (Wildman–Crippen LogP) is 1.36. The SMILES string of the molecule is COc1cc(C(=O)NCCN2CCOCC2)ccc1OC(F)F. The van der Waals surface area contributed by atoms with Crippen molar-refractivity contribution in [2.45, 2.75) is 6.61 Å². The topological polar surface area (TPSA) is 60.0 Å². The maximum atomic E-state index is 12.3. The first kappa shape index (κ1) is 17.4. The molecule has 0 aliphatic carbocycles. The number of halogens is 2. The average Bonchev–Trinajstić information content (AvgIpc) is 2.55. The number of hydrogen-bond donors (Lipinski definition) is 1. The Morgan fingerprint density at radius 3 is 2.74 bits per heavy atom. The lowest BCUT2D eigenvalue weighted by Gasteiger charge is -2.26. The molecule has 23 heavy (non-hydrogen) atoms. The average molecular weight is 330 g/mol. The molecule has 1 fully saturated rings. The summed E-state index contributed by atoms with van der Waals surface area (Å²) in [6.07, 6.45) is 0. The Morgan fingerprint density at radius 2 is 2.09 bits per heavy atom. The molecule has 128 valence electrons. The number of carbonyl (C=O) groups excluding carboxylic acids is 1. The lowest BCUT2D eigenvalue weighted by Crippen LogP contribution is -2.41. The van der Waals surface area contributed by atoms with Crippen LogP contribution in [0.2, 0.25) is 0 Å². The van der Waals surface area contributed by atoms with Crippen molar-refractivity contribution < 1.29 is 27.8 Å². The molecular formula is C15H20F2N2O4. The fraction of sp³-hybridized carbons (Fsp3) is 0.533. The molecular weight excluding hydrogens is 310 g/mol. The third-order valence-corrected chi connectivity index (χ3v) is 3.46. The van der Waals surface area contributed by atoms with Gasteiger partial charge in [-0.25, -0.2) is 0 Å². The minimum Gasteiger partial charge on any atom is -0.493 e. The summed E-state index contributed by atoms with van der Waals surface area (Å²) in [5.74, 6) is -0.307. The second-order valence-corrected chi connectivity index (χ2v) is 4.95. The number of nitrogens with one attached hydrogen (secondary N) is 1. The van der Waals surface area contributed by atoms with Gasteiger partial charge in [0.2, 0.25) is 0 Å². The van der Waals surface area contributed by atoms with E-state index in [0.717, 1.165) is 19.6 Å². The van der Waals surface area contributed by atoms with Crippen molar-refractivity contribution in [1.82, 2.24) is 10.2 Å². The largest absolute Gasteiger partial charge is 0.493 e. The van der Waals surface area contributed by atoms with Crippen LogP contribution in [0.15, 0.2) is 18.2 Å². The zero-order valence-electron chi connectivity index (χ0n) is 12.9. The summed E-state index contributed by atoms with van der Waals surface area (Å²) in [6.45, 7) is 1.40. The standard InChI is InChI=1S/C15H20F2N2O4/c1-21-13-10-11(2-3-12(13)23-15(16)17)14(20)18-4-5-19-6-8-22-9-7-19/h2-3,10,15H,4-9H2,1H3,(H,18,20). The van der Waals surface area contributed by atoms with Gasteiger partial charge >= 0.3 is 6.61 Å². The van der Waals surface area contributed by atoms with Crippen LogP contribution in [0.25, 0.3) is 0 Å².